The number of hydrogen-bond donors (Lipinski definition) is 1. The molecule has 122 valence electrons. The average Bonchev–Trinajstić information content (AvgIpc) is 2.77. The fourth-order valence-corrected chi connectivity index (χ4v) is 3.02. The van der Waals surface area contributed by atoms with Crippen LogP contribution in [0.25, 0.3) is 0 Å². The molecule has 1 atom stereocenters. The lowest BCUT2D eigenvalue weighted by Crippen LogP contribution is -2.53. The molecule has 0 bridgehead atoms. The van der Waals surface area contributed by atoms with Crippen molar-refractivity contribution < 1.29 is 9.53 Å². The van der Waals surface area contributed by atoms with Crippen molar-refractivity contribution in [3.05, 3.63) is 11.8 Å². The molecule has 1 N–H and O–H groups in total. The number of nitrogens with one attached hydrogen (secondary N) is 1. The molecule has 0 radical (unpaired) electrons. The van der Waals surface area contributed by atoms with Crippen LogP contribution in [0.4, 0.5) is 10.6 Å². The molecule has 1 saturated heterocycles. The first kappa shape index (κ1) is 15.3. The third-order valence-corrected chi connectivity index (χ3v) is 5.03. The Bertz CT molecular complexity index is 552. The van der Waals surface area contributed by atoms with Crippen LogP contribution in [0, 0.1) is 0 Å². The van der Waals surface area contributed by atoms with Crippen molar-refractivity contribution in [1.29, 1.82) is 0 Å². The average molecular weight is 306 g/mol. The predicted molar refractivity (Wildman–Crippen MR) is 85.0 cm³/mol. The maximum absolute atomic E-state index is 12.5. The molecular weight excluding hydrogens is 280 g/mol. The molecule has 22 heavy (non-hydrogen) atoms. The van der Waals surface area contributed by atoms with Crippen LogP contribution in [0.15, 0.2) is 6.07 Å². The minimum absolute atomic E-state index is 0.0638. The highest BCUT2D eigenvalue weighted by atomic mass is 16.5. The molecule has 0 unspecified atom stereocenters. The Kier molecular flexibility index (Phi) is 4.12. The van der Waals surface area contributed by atoms with E-state index in [1.54, 1.807) is 4.68 Å². The summed E-state index contributed by atoms with van der Waals surface area (Å²) in [6.45, 7) is 6.01. The summed E-state index contributed by atoms with van der Waals surface area (Å²) in [5.74, 6) is 1.35. The van der Waals surface area contributed by atoms with E-state index in [1.165, 1.54) is 19.3 Å². The summed E-state index contributed by atoms with van der Waals surface area (Å²) in [5, 5.41) is 7.53. The van der Waals surface area contributed by atoms with Crippen LogP contribution >= 0.6 is 0 Å². The van der Waals surface area contributed by atoms with Gasteiger partial charge in [0.2, 0.25) is 0 Å². The Balaban J connectivity index is 1.65. The van der Waals surface area contributed by atoms with Gasteiger partial charge >= 0.3 is 6.03 Å². The Morgan fingerprint density at radius 2 is 2.32 bits per heavy atom. The van der Waals surface area contributed by atoms with E-state index < -0.39 is 0 Å². The molecule has 0 aromatic carbocycles. The molecule has 1 saturated carbocycles. The van der Waals surface area contributed by atoms with Crippen LogP contribution in [0.2, 0.25) is 0 Å². The maximum Gasteiger partial charge on any atom is 0.323 e. The zero-order valence-electron chi connectivity index (χ0n) is 13.8. The number of aromatic nitrogens is 2. The molecule has 0 spiro atoms. The number of hydrogen-bond acceptors (Lipinski definition) is 3. The Hall–Kier alpha value is -1.56. The number of carbonyl (C=O) groups excluding carboxylic acids is 1. The van der Waals surface area contributed by atoms with Gasteiger partial charge in [0, 0.05) is 25.6 Å². The molecular formula is C16H26N4O2. The first-order chi connectivity index (χ1) is 10.5. The summed E-state index contributed by atoms with van der Waals surface area (Å²) in [6.07, 6.45) is 4.60. The third kappa shape index (κ3) is 2.97. The zero-order chi connectivity index (χ0) is 15.7. The number of amides is 2. The third-order valence-electron chi connectivity index (χ3n) is 5.03. The lowest BCUT2D eigenvalue weighted by molar-refractivity contribution is -0.0860. The van der Waals surface area contributed by atoms with Gasteiger partial charge in [-0.05, 0) is 26.2 Å². The smallest absolute Gasteiger partial charge is 0.323 e. The summed E-state index contributed by atoms with van der Waals surface area (Å²) in [7, 11) is 1.88. The minimum Gasteiger partial charge on any atom is -0.372 e. The van der Waals surface area contributed by atoms with Gasteiger partial charge in [-0.3, -0.25) is 10.00 Å². The van der Waals surface area contributed by atoms with E-state index in [0.717, 1.165) is 17.9 Å². The fraction of sp³-hybridized carbons (Fsp3) is 0.750. The summed E-state index contributed by atoms with van der Waals surface area (Å²) in [6, 6.07) is 1.95. The summed E-state index contributed by atoms with van der Waals surface area (Å²) in [4.78, 5) is 14.3. The monoisotopic (exact) mass is 306 g/mol. The molecule has 6 nitrogen and oxygen atoms in total. The van der Waals surface area contributed by atoms with Crippen LogP contribution in [-0.4, -0.2) is 46.0 Å². The van der Waals surface area contributed by atoms with Gasteiger partial charge in [-0.1, -0.05) is 13.3 Å². The molecule has 1 aliphatic heterocycles. The number of carbonyl (C=O) groups is 1. The zero-order valence-corrected chi connectivity index (χ0v) is 13.8. The first-order valence-corrected chi connectivity index (χ1v) is 8.24. The lowest BCUT2D eigenvalue weighted by Gasteiger charge is -2.39. The van der Waals surface area contributed by atoms with Gasteiger partial charge in [-0.15, -0.1) is 0 Å². The highest BCUT2D eigenvalue weighted by Gasteiger charge is 2.33. The SMILES string of the molecule is CC[C@]1(C)CN(C(=O)Nc2cc(C3CCC3)nn2C)CCO1. The molecule has 2 aliphatic rings. The molecule has 2 amide bonds. The summed E-state index contributed by atoms with van der Waals surface area (Å²) >= 11 is 0. The number of ether oxygens (including phenoxy) is 1. The normalized spacial score (nSPS) is 25.9. The second kappa shape index (κ2) is 5.91. The van der Waals surface area contributed by atoms with Crippen molar-refractivity contribution in [2.45, 2.75) is 51.0 Å². The highest BCUT2D eigenvalue weighted by molar-refractivity contribution is 5.88. The molecule has 6 heteroatoms. The summed E-state index contributed by atoms with van der Waals surface area (Å²) in [5.41, 5.74) is 0.864. The number of urea groups is 1. The number of nitrogens with zero attached hydrogens (tertiary/aromatic N) is 3. The number of aryl methyl sites for hydroxylation is 1. The second-order valence-corrected chi connectivity index (χ2v) is 6.71. The summed E-state index contributed by atoms with van der Waals surface area (Å²) < 4.78 is 7.56. The van der Waals surface area contributed by atoms with Crippen molar-refractivity contribution in [3.8, 4) is 0 Å². The van der Waals surface area contributed by atoms with Gasteiger partial charge in [0.05, 0.1) is 24.4 Å². The van der Waals surface area contributed by atoms with Crippen molar-refractivity contribution in [3.63, 3.8) is 0 Å². The van der Waals surface area contributed by atoms with Gasteiger partial charge < -0.3 is 9.64 Å². The van der Waals surface area contributed by atoms with Crippen LogP contribution < -0.4 is 5.32 Å². The van der Waals surface area contributed by atoms with Gasteiger partial charge in [-0.25, -0.2) is 4.79 Å². The lowest BCUT2D eigenvalue weighted by atomic mass is 9.83. The standard InChI is InChI=1S/C16H26N4O2/c1-4-16(2)11-20(8-9-22-16)15(21)17-14-10-13(18-19(14)3)12-6-5-7-12/h10,12H,4-9,11H2,1-3H3,(H,17,21)/t16-/m1/s1. The highest BCUT2D eigenvalue weighted by Crippen LogP contribution is 2.36. The fourth-order valence-electron chi connectivity index (χ4n) is 3.02. The Labute approximate surface area is 131 Å². The van der Waals surface area contributed by atoms with Gasteiger partial charge in [0.25, 0.3) is 0 Å². The Morgan fingerprint density at radius 1 is 1.55 bits per heavy atom. The molecule has 2 heterocycles. The molecule has 1 aliphatic carbocycles. The number of anilines is 1. The van der Waals surface area contributed by atoms with Crippen molar-refractivity contribution in [2.24, 2.45) is 7.05 Å². The van der Waals surface area contributed by atoms with E-state index >= 15 is 0 Å². The second-order valence-electron chi connectivity index (χ2n) is 6.71. The van der Waals surface area contributed by atoms with E-state index in [9.17, 15) is 4.79 Å². The van der Waals surface area contributed by atoms with Crippen LogP contribution in [0.3, 0.4) is 0 Å². The molecule has 3 rings (SSSR count). The number of rotatable bonds is 3. The topological polar surface area (TPSA) is 59.4 Å². The quantitative estimate of drug-likeness (QED) is 0.934. The van der Waals surface area contributed by atoms with Crippen LogP contribution in [0.5, 0.6) is 0 Å². The number of morpholine rings is 1. The first-order valence-electron chi connectivity index (χ1n) is 8.24. The van der Waals surface area contributed by atoms with E-state index in [2.05, 4.69) is 24.3 Å². The molecule has 2 fully saturated rings. The van der Waals surface area contributed by atoms with E-state index in [-0.39, 0.29) is 11.6 Å². The van der Waals surface area contributed by atoms with Crippen LogP contribution in [0.1, 0.15) is 51.1 Å². The molecule has 1 aromatic heterocycles. The van der Waals surface area contributed by atoms with Gasteiger partial charge in [0.15, 0.2) is 0 Å². The van der Waals surface area contributed by atoms with Crippen LogP contribution in [-0.2, 0) is 11.8 Å². The van der Waals surface area contributed by atoms with Crippen molar-refractivity contribution in [2.75, 3.05) is 25.0 Å². The van der Waals surface area contributed by atoms with Crippen molar-refractivity contribution in [1.82, 2.24) is 14.7 Å². The largest absolute Gasteiger partial charge is 0.372 e. The predicted octanol–water partition coefficient (Wildman–Crippen LogP) is 2.72. The van der Waals surface area contributed by atoms with Gasteiger partial charge in [0.1, 0.15) is 5.82 Å². The minimum atomic E-state index is -0.237. The Morgan fingerprint density at radius 3 is 2.95 bits per heavy atom. The molecule has 1 aromatic rings. The van der Waals surface area contributed by atoms with Gasteiger partial charge in [-0.2, -0.15) is 5.10 Å². The van der Waals surface area contributed by atoms with E-state index in [1.807, 2.05) is 18.0 Å². The maximum atomic E-state index is 12.5. The van der Waals surface area contributed by atoms with Crippen molar-refractivity contribution >= 4 is 11.8 Å². The van der Waals surface area contributed by atoms with E-state index in [0.29, 0.717) is 25.6 Å². The van der Waals surface area contributed by atoms with E-state index in [4.69, 9.17) is 4.74 Å².